The average molecular weight is 845 g/mol. The number of para-hydroxylation sites is 1. The van der Waals surface area contributed by atoms with Gasteiger partial charge in [-0.1, -0.05) is 54.6 Å². The van der Waals surface area contributed by atoms with Crippen molar-refractivity contribution in [2.75, 3.05) is 88.8 Å². The van der Waals surface area contributed by atoms with E-state index in [1.54, 1.807) is 0 Å². The Labute approximate surface area is 357 Å². The molecule has 3 aromatic rings. The summed E-state index contributed by atoms with van der Waals surface area (Å²) in [4.78, 5) is 71.2. The number of aryl methyl sites for hydroxylation is 2. The van der Waals surface area contributed by atoms with E-state index in [4.69, 9.17) is 29.4 Å². The van der Waals surface area contributed by atoms with Crippen molar-refractivity contribution in [1.29, 1.82) is 0 Å². The smallest absolute Gasteiger partial charge is 0.231 e. The Morgan fingerprint density at radius 2 is 1.27 bits per heavy atom. The van der Waals surface area contributed by atoms with Crippen LogP contribution in [0.15, 0.2) is 72.8 Å². The summed E-state index contributed by atoms with van der Waals surface area (Å²) in [6.45, 7) is 4.21. The van der Waals surface area contributed by atoms with E-state index in [9.17, 15) is 24.0 Å². The van der Waals surface area contributed by atoms with Gasteiger partial charge < -0.3 is 37.5 Å². The maximum absolute atomic E-state index is 13.7. The van der Waals surface area contributed by atoms with E-state index in [-0.39, 0.29) is 44.5 Å². The number of rotatable bonds is 14. The third-order valence-electron chi connectivity index (χ3n) is 10.6. The first kappa shape index (κ1) is 47.3. The molecule has 0 bridgehead atoms. The molecule has 18 heteroatoms. The van der Waals surface area contributed by atoms with Crippen molar-refractivity contribution in [2.45, 2.75) is 38.3 Å². The molecule has 4 amide bonds. The topological polar surface area (TPSA) is 256 Å². The van der Waals surface area contributed by atoms with Crippen molar-refractivity contribution in [2.24, 2.45) is 28.9 Å². The van der Waals surface area contributed by atoms with Gasteiger partial charge in [0.1, 0.15) is 6.29 Å². The predicted octanol–water partition coefficient (Wildman–Crippen LogP) is -0.699. The number of carbonyl (C=O) groups excluding carboxylic acids is 5. The number of primary amides is 3. The third kappa shape index (κ3) is 15.4. The van der Waals surface area contributed by atoms with Crippen LogP contribution in [0.3, 0.4) is 0 Å². The average Bonchev–Trinajstić information content (AvgIpc) is 3.21. The van der Waals surface area contributed by atoms with Gasteiger partial charge in [0.25, 0.3) is 0 Å². The molecule has 5 rings (SSSR count). The maximum atomic E-state index is 13.7. The number of carbonyl (C=O) groups is 5. The van der Waals surface area contributed by atoms with E-state index in [0.29, 0.717) is 70.4 Å². The molecule has 12 N–H and O–H groups in total. The summed E-state index contributed by atoms with van der Waals surface area (Å²) in [7, 11) is 0. The lowest BCUT2D eigenvalue weighted by molar-refractivity contribution is -0.122. The van der Waals surface area contributed by atoms with Crippen molar-refractivity contribution in [3.8, 4) is 0 Å². The molecule has 324 valence electrons. The van der Waals surface area contributed by atoms with Gasteiger partial charge in [0, 0.05) is 76.2 Å². The second-order valence-electron chi connectivity index (χ2n) is 14.9. The van der Waals surface area contributed by atoms with Gasteiger partial charge in [0.05, 0.1) is 32.7 Å². The van der Waals surface area contributed by atoms with Gasteiger partial charge in [0.15, 0.2) is 5.11 Å². The van der Waals surface area contributed by atoms with E-state index in [1.165, 1.54) is 5.56 Å². The maximum Gasteiger partial charge on any atom is 0.231 e. The van der Waals surface area contributed by atoms with Gasteiger partial charge in [-0.25, -0.2) is 0 Å². The van der Waals surface area contributed by atoms with Crippen LogP contribution < -0.4 is 44.4 Å². The molecule has 1 unspecified atom stereocenters. The number of hydrazine groups is 1. The molecule has 0 saturated carbocycles. The molecule has 3 aromatic carbocycles. The molecule has 0 spiro atoms. The molecule has 0 aliphatic carbocycles. The van der Waals surface area contributed by atoms with Crippen molar-refractivity contribution in [1.82, 2.24) is 24.9 Å². The summed E-state index contributed by atoms with van der Waals surface area (Å²) < 4.78 is 0. The molecule has 0 aromatic heterocycles. The lowest BCUT2D eigenvalue weighted by Gasteiger charge is -2.38. The van der Waals surface area contributed by atoms with Gasteiger partial charge in [0.2, 0.25) is 23.6 Å². The van der Waals surface area contributed by atoms with Crippen LogP contribution in [0.1, 0.15) is 28.7 Å². The Hall–Kier alpha value is -5.34. The summed E-state index contributed by atoms with van der Waals surface area (Å²) in [5.41, 5.74) is 23.2. The molecule has 1 saturated heterocycles. The highest BCUT2D eigenvalue weighted by Crippen LogP contribution is 2.29. The second-order valence-corrected chi connectivity index (χ2v) is 15.3. The van der Waals surface area contributed by atoms with Gasteiger partial charge in [-0.05, 0) is 71.9 Å². The predicted molar refractivity (Wildman–Crippen MR) is 237 cm³/mol. The second kappa shape index (κ2) is 24.7. The van der Waals surface area contributed by atoms with Crippen LogP contribution in [0.2, 0.25) is 0 Å². The Bertz CT molecular complexity index is 1900. The normalized spacial score (nSPS) is 17.1. The number of nitrogens with one attached hydrogen (secondary N) is 2. The van der Waals surface area contributed by atoms with E-state index < -0.39 is 17.7 Å². The van der Waals surface area contributed by atoms with Gasteiger partial charge in [-0.3, -0.25) is 50.5 Å². The lowest BCUT2D eigenvalue weighted by Crippen LogP contribution is -2.54. The summed E-state index contributed by atoms with van der Waals surface area (Å²) in [5.74, 6) is 6.54. The number of nitrogens with zero attached hydrogens (tertiary/aromatic N) is 5. The van der Waals surface area contributed by atoms with Crippen molar-refractivity contribution in [3.63, 3.8) is 0 Å². The lowest BCUT2D eigenvalue weighted by atomic mass is 9.95. The van der Waals surface area contributed by atoms with Gasteiger partial charge in [-0.15, -0.1) is 0 Å². The van der Waals surface area contributed by atoms with Gasteiger partial charge in [-0.2, -0.15) is 0 Å². The first-order chi connectivity index (χ1) is 29.0. The molecular weight excluding hydrogens is 785 g/mol. The van der Waals surface area contributed by atoms with E-state index in [1.807, 2.05) is 79.1 Å². The minimum Gasteiger partial charge on any atom is -0.369 e. The third-order valence-corrected chi connectivity index (χ3v) is 10.9. The molecule has 2 aliphatic heterocycles. The fourth-order valence-corrected chi connectivity index (χ4v) is 7.88. The number of aldehydes is 1. The molecule has 17 nitrogen and oxygen atoms in total. The number of hydrogen-bond acceptors (Lipinski definition) is 12. The molecular formula is C42H60N12O5S. The van der Waals surface area contributed by atoms with Crippen LogP contribution >= 0.6 is 12.2 Å². The Morgan fingerprint density at radius 3 is 1.93 bits per heavy atom. The standard InChI is InChI=1S/C42H56N10O5S.H4N2/c43-38(54)28-49-19-17-48(23-24-53)18-20-50(29-39(44)55)27-36(51(22-21-49)30-40(45)56)25-31-9-13-35(14-10-31)47-42(58)46-16-15-41(57)52-26-34-7-2-1-5-32(34)11-12-33-6-3-4-8-37(33)52;1-2/h1-10,13-14,24,36H,11-12,15-23,25-30H2,(H2,43,54)(H2,44,55)(H2,45,56)(H2,46,47,58);1-2H2. The number of nitrogens with two attached hydrogens (primary N) is 5. The molecule has 1 fully saturated rings. The number of benzene rings is 3. The molecule has 60 heavy (non-hydrogen) atoms. The number of fused-ring (bicyclic) bond motifs is 2. The van der Waals surface area contributed by atoms with E-state index in [2.05, 4.69) is 40.5 Å². The first-order valence-corrected chi connectivity index (χ1v) is 20.5. The van der Waals surface area contributed by atoms with E-state index in [0.717, 1.165) is 47.2 Å². The van der Waals surface area contributed by atoms with Crippen molar-refractivity contribution < 1.29 is 24.0 Å². The van der Waals surface area contributed by atoms with Gasteiger partial charge >= 0.3 is 0 Å². The number of anilines is 2. The first-order valence-electron chi connectivity index (χ1n) is 20.1. The minimum atomic E-state index is -0.503. The zero-order valence-corrected chi connectivity index (χ0v) is 35.0. The monoisotopic (exact) mass is 844 g/mol. The Balaban J connectivity index is 0.00000391. The van der Waals surface area contributed by atoms with Crippen molar-refractivity contribution in [3.05, 3.63) is 95.1 Å². The molecule has 2 aliphatic rings. The summed E-state index contributed by atoms with van der Waals surface area (Å²) in [5, 5.41) is 6.78. The quantitative estimate of drug-likeness (QED) is 0.0459. The Kier molecular flexibility index (Phi) is 19.5. The largest absolute Gasteiger partial charge is 0.369 e. The minimum absolute atomic E-state index is 0.00181. The van der Waals surface area contributed by atoms with Crippen LogP contribution in [0.25, 0.3) is 0 Å². The van der Waals surface area contributed by atoms with Crippen LogP contribution in [0.4, 0.5) is 11.4 Å². The van der Waals surface area contributed by atoms with Crippen molar-refractivity contribution >= 4 is 58.6 Å². The molecule has 2 heterocycles. The summed E-state index contributed by atoms with van der Waals surface area (Å²) in [6, 6.07) is 23.9. The highest BCUT2D eigenvalue weighted by molar-refractivity contribution is 7.80. The fourth-order valence-electron chi connectivity index (χ4n) is 7.66. The van der Waals surface area contributed by atoms with Crippen LogP contribution in [0, 0.1) is 0 Å². The molecule has 1 atom stereocenters. The molecule has 0 radical (unpaired) electrons. The van der Waals surface area contributed by atoms with Crippen LogP contribution in [-0.4, -0.2) is 139 Å². The highest BCUT2D eigenvalue weighted by atomic mass is 32.1. The number of thiocarbonyl (C=S) groups is 1. The zero-order chi connectivity index (χ0) is 43.4. The summed E-state index contributed by atoms with van der Waals surface area (Å²) in [6.07, 6.45) is 3.39. The number of hydrogen-bond donors (Lipinski definition) is 7. The Morgan fingerprint density at radius 1 is 0.700 bits per heavy atom. The van der Waals surface area contributed by atoms with E-state index >= 15 is 0 Å². The zero-order valence-electron chi connectivity index (χ0n) is 34.2. The van der Waals surface area contributed by atoms with Crippen LogP contribution in [0.5, 0.6) is 0 Å². The van der Waals surface area contributed by atoms with Crippen LogP contribution in [-0.2, 0) is 49.8 Å². The SMILES string of the molecule is NC(=O)CN1CCN(CC=O)CCN(CC(N)=O)CC(Cc2ccc(NC(=S)NCCC(=O)N3Cc4ccccc4CCc4ccccc43)cc2)N(CC(N)=O)CC1.NN. The highest BCUT2D eigenvalue weighted by Gasteiger charge is 2.27. The summed E-state index contributed by atoms with van der Waals surface area (Å²) >= 11 is 5.60. The fraction of sp³-hybridized carbons (Fsp3) is 0.429. The number of amides is 4.